The number of fused-ring (bicyclic) bond motifs is 4. The summed E-state index contributed by atoms with van der Waals surface area (Å²) in [6, 6.07) is 11.0. The second-order valence-electron chi connectivity index (χ2n) is 6.31. The summed E-state index contributed by atoms with van der Waals surface area (Å²) in [5.74, 6) is 0.732. The third kappa shape index (κ3) is 2.61. The van der Waals surface area contributed by atoms with Crippen LogP contribution in [-0.4, -0.2) is 34.5 Å². The number of rotatable bonds is 4. The highest BCUT2D eigenvalue weighted by atomic mass is 16.5. The van der Waals surface area contributed by atoms with Crippen LogP contribution in [0.3, 0.4) is 0 Å². The molecule has 0 radical (unpaired) electrons. The number of nitrogens with zero attached hydrogens (tertiary/aromatic N) is 1. The molecular weight excluding hydrogens is 346 g/mol. The molecule has 1 heterocycles. The summed E-state index contributed by atoms with van der Waals surface area (Å²) in [5.41, 5.74) is 2.80. The van der Waals surface area contributed by atoms with Crippen LogP contribution in [0.25, 0.3) is 32.6 Å². The van der Waals surface area contributed by atoms with Crippen molar-refractivity contribution in [3.63, 3.8) is 0 Å². The molecule has 0 fully saturated rings. The van der Waals surface area contributed by atoms with Gasteiger partial charge in [0.05, 0.1) is 38.5 Å². The number of aliphatic hydroxyl groups is 2. The minimum Gasteiger partial charge on any atom is -0.504 e. The number of aromatic hydroxyl groups is 1. The van der Waals surface area contributed by atoms with E-state index in [-0.39, 0.29) is 24.7 Å². The Balaban J connectivity index is 2.11. The van der Waals surface area contributed by atoms with Crippen LogP contribution in [0.5, 0.6) is 17.2 Å². The van der Waals surface area contributed by atoms with Crippen molar-refractivity contribution in [1.29, 1.82) is 0 Å². The number of phenols is 1. The molecule has 3 aromatic carbocycles. The Hall–Kier alpha value is -3.09. The number of hydrogen-bond donors (Lipinski definition) is 3. The summed E-state index contributed by atoms with van der Waals surface area (Å²) >= 11 is 0. The standard InChI is InChI=1S/C21H19NO5/c1-26-20-14-3-4-17-16(15(14)8-19(25)21(20)27-2)6-11-5-12(9-23)13(10-24)7-18(11)22-17/h3-8,23-25H,9-10H2,1-2H3. The molecule has 3 N–H and O–H groups in total. The summed E-state index contributed by atoms with van der Waals surface area (Å²) in [6.07, 6.45) is 0. The molecule has 27 heavy (non-hydrogen) atoms. The largest absolute Gasteiger partial charge is 0.504 e. The zero-order valence-corrected chi connectivity index (χ0v) is 15.0. The van der Waals surface area contributed by atoms with Gasteiger partial charge < -0.3 is 24.8 Å². The van der Waals surface area contributed by atoms with Gasteiger partial charge in [-0.05, 0) is 52.9 Å². The van der Waals surface area contributed by atoms with Gasteiger partial charge in [-0.2, -0.15) is 0 Å². The van der Waals surface area contributed by atoms with Crippen molar-refractivity contribution in [1.82, 2.24) is 4.98 Å². The van der Waals surface area contributed by atoms with Gasteiger partial charge in [0.15, 0.2) is 11.5 Å². The molecule has 0 spiro atoms. The molecule has 0 aliphatic carbocycles. The molecule has 0 aliphatic heterocycles. The van der Waals surface area contributed by atoms with Crippen molar-refractivity contribution in [2.45, 2.75) is 13.2 Å². The van der Waals surface area contributed by atoms with Crippen LogP contribution in [0, 0.1) is 0 Å². The minimum absolute atomic E-state index is 0.0128. The molecular formula is C21H19NO5. The fourth-order valence-electron chi connectivity index (χ4n) is 3.56. The van der Waals surface area contributed by atoms with E-state index in [0.717, 1.165) is 32.6 Å². The first-order chi connectivity index (χ1) is 13.1. The Kier molecular flexibility index (Phi) is 4.22. The van der Waals surface area contributed by atoms with Crippen molar-refractivity contribution < 1.29 is 24.8 Å². The van der Waals surface area contributed by atoms with Crippen molar-refractivity contribution in [3.8, 4) is 17.2 Å². The fourth-order valence-corrected chi connectivity index (χ4v) is 3.56. The summed E-state index contributed by atoms with van der Waals surface area (Å²) in [4.78, 5) is 4.69. The summed E-state index contributed by atoms with van der Waals surface area (Å²) in [5, 5.41) is 32.7. The maximum atomic E-state index is 10.4. The third-order valence-corrected chi connectivity index (χ3v) is 4.87. The van der Waals surface area contributed by atoms with E-state index < -0.39 is 0 Å². The zero-order chi connectivity index (χ0) is 19.1. The SMILES string of the molecule is COc1c(O)cc2c(ccc3nc4cc(CO)c(CO)cc4cc32)c1OC. The summed E-state index contributed by atoms with van der Waals surface area (Å²) in [6.45, 7) is -0.320. The van der Waals surface area contributed by atoms with Crippen LogP contribution in [-0.2, 0) is 13.2 Å². The molecule has 4 rings (SSSR count). The van der Waals surface area contributed by atoms with E-state index >= 15 is 0 Å². The van der Waals surface area contributed by atoms with Crippen LogP contribution in [0.15, 0.2) is 36.4 Å². The molecule has 0 saturated carbocycles. The van der Waals surface area contributed by atoms with Crippen molar-refractivity contribution in [3.05, 3.63) is 47.5 Å². The van der Waals surface area contributed by atoms with Gasteiger partial charge in [-0.25, -0.2) is 4.98 Å². The van der Waals surface area contributed by atoms with Gasteiger partial charge in [0.25, 0.3) is 0 Å². The van der Waals surface area contributed by atoms with Crippen molar-refractivity contribution >= 4 is 32.6 Å². The Bertz CT molecular complexity index is 1190. The molecule has 0 amide bonds. The lowest BCUT2D eigenvalue weighted by molar-refractivity contribution is 0.260. The smallest absolute Gasteiger partial charge is 0.203 e. The number of hydrogen-bond acceptors (Lipinski definition) is 6. The van der Waals surface area contributed by atoms with Crippen LogP contribution in [0.2, 0.25) is 0 Å². The van der Waals surface area contributed by atoms with E-state index in [4.69, 9.17) is 14.5 Å². The molecule has 4 aromatic rings. The molecule has 0 bridgehead atoms. The van der Waals surface area contributed by atoms with E-state index in [9.17, 15) is 15.3 Å². The Labute approximate surface area is 155 Å². The molecule has 138 valence electrons. The summed E-state index contributed by atoms with van der Waals surface area (Å²) in [7, 11) is 3.01. The average molecular weight is 365 g/mol. The van der Waals surface area contributed by atoms with Gasteiger partial charge in [0.1, 0.15) is 0 Å². The molecule has 0 aliphatic rings. The van der Waals surface area contributed by atoms with Gasteiger partial charge in [-0.15, -0.1) is 0 Å². The van der Waals surface area contributed by atoms with E-state index in [1.807, 2.05) is 24.3 Å². The summed E-state index contributed by atoms with van der Waals surface area (Å²) < 4.78 is 10.7. The highest BCUT2D eigenvalue weighted by molar-refractivity contribution is 6.12. The van der Waals surface area contributed by atoms with Gasteiger partial charge in [0.2, 0.25) is 5.75 Å². The van der Waals surface area contributed by atoms with E-state index in [2.05, 4.69) is 0 Å². The average Bonchev–Trinajstić information content (AvgIpc) is 2.70. The predicted octanol–water partition coefficient (Wildman–Crippen LogP) is 3.25. The Morgan fingerprint density at radius 2 is 1.48 bits per heavy atom. The number of benzene rings is 3. The number of phenolic OH excluding ortho intramolecular Hbond substituents is 1. The Morgan fingerprint density at radius 3 is 2.15 bits per heavy atom. The second kappa shape index (κ2) is 6.57. The maximum absolute atomic E-state index is 10.4. The lowest BCUT2D eigenvalue weighted by Gasteiger charge is -2.14. The highest BCUT2D eigenvalue weighted by Gasteiger charge is 2.17. The zero-order valence-electron chi connectivity index (χ0n) is 15.0. The van der Waals surface area contributed by atoms with E-state index in [1.54, 1.807) is 12.1 Å². The molecule has 0 atom stereocenters. The van der Waals surface area contributed by atoms with Crippen LogP contribution < -0.4 is 9.47 Å². The normalized spacial score (nSPS) is 11.4. The first-order valence-electron chi connectivity index (χ1n) is 8.46. The van der Waals surface area contributed by atoms with E-state index in [1.165, 1.54) is 14.2 Å². The molecule has 0 unspecified atom stereocenters. The van der Waals surface area contributed by atoms with Crippen molar-refractivity contribution in [2.75, 3.05) is 14.2 Å². The van der Waals surface area contributed by atoms with Crippen molar-refractivity contribution in [2.24, 2.45) is 0 Å². The second-order valence-corrected chi connectivity index (χ2v) is 6.31. The quantitative estimate of drug-likeness (QED) is 0.380. The number of methoxy groups -OCH3 is 2. The number of aromatic nitrogens is 1. The minimum atomic E-state index is -0.161. The molecule has 1 aromatic heterocycles. The van der Waals surface area contributed by atoms with E-state index in [0.29, 0.717) is 16.9 Å². The number of ether oxygens (including phenoxy) is 2. The monoisotopic (exact) mass is 365 g/mol. The van der Waals surface area contributed by atoms with Gasteiger partial charge >= 0.3 is 0 Å². The first-order valence-corrected chi connectivity index (χ1v) is 8.46. The van der Waals surface area contributed by atoms with Gasteiger partial charge in [-0.1, -0.05) is 0 Å². The third-order valence-electron chi connectivity index (χ3n) is 4.87. The number of aliphatic hydroxyl groups excluding tert-OH is 2. The lowest BCUT2D eigenvalue weighted by Crippen LogP contribution is -1.96. The predicted molar refractivity (Wildman–Crippen MR) is 103 cm³/mol. The molecule has 6 nitrogen and oxygen atoms in total. The highest BCUT2D eigenvalue weighted by Crippen LogP contribution is 2.44. The molecule has 0 saturated heterocycles. The Morgan fingerprint density at radius 1 is 0.778 bits per heavy atom. The van der Waals surface area contributed by atoms with Gasteiger partial charge in [0, 0.05) is 16.2 Å². The first kappa shape index (κ1) is 17.3. The van der Waals surface area contributed by atoms with Crippen LogP contribution >= 0.6 is 0 Å². The van der Waals surface area contributed by atoms with Gasteiger partial charge in [-0.3, -0.25) is 0 Å². The fraction of sp³-hybridized carbons (Fsp3) is 0.190. The molecule has 6 heteroatoms. The topological polar surface area (TPSA) is 92.0 Å². The lowest BCUT2D eigenvalue weighted by atomic mass is 9.99. The maximum Gasteiger partial charge on any atom is 0.203 e. The number of pyridine rings is 1. The van der Waals surface area contributed by atoms with Crippen LogP contribution in [0.1, 0.15) is 11.1 Å². The van der Waals surface area contributed by atoms with Crippen LogP contribution in [0.4, 0.5) is 0 Å².